The van der Waals surface area contributed by atoms with Crippen LogP contribution in [0, 0.1) is 23.2 Å². The molecule has 0 saturated heterocycles. The average molecular weight is 544 g/mol. The molecule has 0 heterocycles. The van der Waals surface area contributed by atoms with Crippen molar-refractivity contribution in [3.05, 3.63) is 24.3 Å². The molecule has 1 atom stereocenters. The first-order chi connectivity index (χ1) is 16.8. The van der Waals surface area contributed by atoms with Crippen LogP contribution in [0.5, 0.6) is 0 Å². The van der Waals surface area contributed by atoms with Crippen molar-refractivity contribution < 1.29 is 46.0 Å². The molecule has 2 N–H and O–H groups in total. The number of hydrogen-bond acceptors (Lipinski definition) is 4. The molecule has 0 aromatic heterocycles. The molecule has 36 heavy (non-hydrogen) atoms. The van der Waals surface area contributed by atoms with E-state index >= 15 is 0 Å². The summed E-state index contributed by atoms with van der Waals surface area (Å²) in [6.45, 7) is 18.6. The van der Waals surface area contributed by atoms with Crippen molar-refractivity contribution in [2.45, 2.75) is 119 Å². The quantitative estimate of drug-likeness (QED) is 0.0723. The number of carboxylic acid groups (broad SMARTS) is 1. The topological polar surface area (TPSA) is 109 Å². The molecule has 1 unspecified atom stereocenters. The number of ketones is 2. The van der Waals surface area contributed by atoms with Gasteiger partial charge in [0.15, 0.2) is 17.0 Å². The summed E-state index contributed by atoms with van der Waals surface area (Å²) in [6, 6.07) is 0. The summed E-state index contributed by atoms with van der Waals surface area (Å²) in [5, 5.41) is 10.2. The molecule has 207 valence electrons. The normalized spacial score (nSPS) is 11.9. The molecule has 7 heteroatoms. The van der Waals surface area contributed by atoms with Crippen molar-refractivity contribution in [2.75, 3.05) is 0 Å². The summed E-state index contributed by atoms with van der Waals surface area (Å²) in [4.78, 5) is 38.7. The van der Waals surface area contributed by atoms with Crippen LogP contribution in [0.25, 0.3) is 0 Å². The molecule has 0 radical (unpaired) electrons. The molecule has 0 aromatic rings. The second-order valence-corrected chi connectivity index (χ2v) is 11.1. The Morgan fingerprint density at radius 3 is 1.28 bits per heavy atom. The van der Waals surface area contributed by atoms with Crippen LogP contribution in [-0.4, -0.2) is 26.3 Å². The van der Waals surface area contributed by atoms with E-state index in [0.717, 1.165) is 25.2 Å². The first-order valence-corrected chi connectivity index (χ1v) is 14.8. The summed E-state index contributed by atoms with van der Waals surface area (Å²) in [7, 11) is 0. The second kappa shape index (κ2) is 20.8. The van der Waals surface area contributed by atoms with Crippen LogP contribution in [0.1, 0.15) is 119 Å². The zero-order chi connectivity index (χ0) is 28.3. The van der Waals surface area contributed by atoms with Crippen molar-refractivity contribution >= 4 is 17.5 Å². The van der Waals surface area contributed by atoms with Gasteiger partial charge in [0.1, 0.15) is 0 Å². The Kier molecular flexibility index (Phi) is 21.3. The third-order valence-corrected chi connectivity index (χ3v) is 6.74. The molecule has 0 bridgehead atoms. The molecular weight excluding hydrogens is 492 g/mol. The number of rotatable bonds is 20. The number of hydrogen-bond donors (Lipinski definition) is 2. The Bertz CT molecular complexity index is 685. The fraction of sp³-hybridized carbons (Fsp3) is 0.759. The Morgan fingerprint density at radius 2 is 1.03 bits per heavy atom. The van der Waals surface area contributed by atoms with Crippen LogP contribution in [0.15, 0.2) is 24.3 Å². The van der Waals surface area contributed by atoms with Gasteiger partial charge >= 0.3 is 32.5 Å². The predicted octanol–water partition coefficient (Wildman–Crippen LogP) is 7.28. The van der Waals surface area contributed by atoms with Gasteiger partial charge in [-0.25, -0.2) is 0 Å². The Morgan fingerprint density at radius 1 is 0.722 bits per heavy atom. The van der Waals surface area contributed by atoms with E-state index in [9.17, 15) is 19.5 Å². The summed E-state index contributed by atoms with van der Waals surface area (Å²) in [6.07, 6.45) is 13.7. The molecule has 0 aliphatic rings. The number of allylic oxidation sites excluding steroid dienone is 2. The van der Waals surface area contributed by atoms with E-state index in [4.69, 9.17) is 7.01 Å². The minimum atomic E-state index is -2.12. The molecule has 0 fully saturated rings. The average Bonchev–Trinajstić information content (AvgIpc) is 2.78. The van der Waals surface area contributed by atoms with Gasteiger partial charge in [-0.2, -0.15) is 0 Å². The van der Waals surface area contributed by atoms with Gasteiger partial charge < -0.3 is 5.11 Å². The third kappa shape index (κ3) is 13.3. The van der Waals surface area contributed by atoms with Gasteiger partial charge in [0, 0.05) is 0 Å². The summed E-state index contributed by atoms with van der Waals surface area (Å²) >= 11 is -1.75. The van der Waals surface area contributed by atoms with Gasteiger partial charge in [0.25, 0.3) is 0 Å². The number of Topliss-reactive ketones (excluding diaryl/α,β-unsaturated/α-hetero) is 2. The van der Waals surface area contributed by atoms with Crippen molar-refractivity contribution in [1.82, 2.24) is 0 Å². The van der Waals surface area contributed by atoms with Gasteiger partial charge in [-0.1, -0.05) is 111 Å². The van der Waals surface area contributed by atoms with Gasteiger partial charge in [0.2, 0.25) is 0 Å². The van der Waals surface area contributed by atoms with Gasteiger partial charge in [-0.05, 0) is 49.2 Å². The Balaban J connectivity index is 0. The summed E-state index contributed by atoms with van der Waals surface area (Å²) in [5.41, 5.74) is -1.93. The van der Waals surface area contributed by atoms with Crippen LogP contribution in [0.4, 0.5) is 0 Å². The van der Waals surface area contributed by atoms with Crippen LogP contribution in [0.3, 0.4) is 0 Å². The van der Waals surface area contributed by atoms with E-state index in [-0.39, 0.29) is 17.1 Å². The molecule has 0 spiro atoms. The fourth-order valence-corrected chi connectivity index (χ4v) is 4.85. The molecule has 0 saturated carbocycles. The summed E-state index contributed by atoms with van der Waals surface area (Å²) < 4.78 is 15.8. The van der Waals surface area contributed by atoms with E-state index in [2.05, 4.69) is 27.0 Å². The zero-order valence-electron chi connectivity index (χ0n) is 23.7. The molecular formula is C29H51O6Ti. The molecule has 0 aliphatic carbocycles. The summed E-state index contributed by atoms with van der Waals surface area (Å²) in [5.74, 6) is -2.67. The monoisotopic (exact) mass is 543 g/mol. The van der Waals surface area contributed by atoms with E-state index in [0.29, 0.717) is 6.42 Å². The standard InChI is InChI=1S/C29H50O4.H2O.O.Ti/c1-21(2)19-17-15-13-11-9-10-12-14-16-18-20-25(22(3)4)29(28(32)33,26(30)23(5)6)27(31)24(7)8;;;/h21-22,25H,5,7,9-20H2,1-4,6,8H3,(H,32,33);1H2;;/q;;;+1/p-1. The van der Waals surface area contributed by atoms with Crippen molar-refractivity contribution in [3.8, 4) is 0 Å². The first-order valence-electron chi connectivity index (χ1n) is 13.5. The van der Waals surface area contributed by atoms with Crippen LogP contribution < -0.4 is 0 Å². The van der Waals surface area contributed by atoms with Crippen molar-refractivity contribution in [2.24, 2.45) is 23.2 Å². The van der Waals surface area contributed by atoms with E-state index in [1.165, 1.54) is 65.2 Å². The van der Waals surface area contributed by atoms with Crippen LogP contribution >= 0.6 is 0 Å². The van der Waals surface area contributed by atoms with Gasteiger partial charge in [-0.3, -0.25) is 14.4 Å². The fourth-order valence-electron chi connectivity index (χ4n) is 4.85. The first kappa shape index (κ1) is 36.9. The van der Waals surface area contributed by atoms with Crippen molar-refractivity contribution in [1.29, 1.82) is 0 Å². The molecule has 6 nitrogen and oxygen atoms in total. The van der Waals surface area contributed by atoms with E-state index < -0.39 is 48.4 Å². The van der Waals surface area contributed by atoms with Crippen molar-refractivity contribution in [3.63, 3.8) is 0 Å². The van der Waals surface area contributed by atoms with E-state index in [1.54, 1.807) is 0 Å². The number of carbonyl (C=O) groups is 3. The Hall–Kier alpha value is -1.24. The zero-order valence-corrected chi connectivity index (χ0v) is 25.2. The van der Waals surface area contributed by atoms with Crippen LogP contribution in [0.2, 0.25) is 0 Å². The number of unbranched alkanes of at least 4 members (excludes halogenated alkanes) is 9. The molecule has 0 aromatic carbocycles. The van der Waals surface area contributed by atoms with Crippen LogP contribution in [-0.2, 0) is 37.2 Å². The molecule has 0 rings (SSSR count). The Labute approximate surface area is 229 Å². The SMILES string of the molecule is C=C(C)C(=O)C(C(=O)O)(C(=O)C(=C)C)C(CCCCCCCCCCCCC(C)C)C(C)C.[O]=[Ti][OH]. The predicted molar refractivity (Wildman–Crippen MR) is 141 cm³/mol. The molecule has 0 amide bonds. The van der Waals surface area contributed by atoms with Gasteiger partial charge in [0.05, 0.1) is 0 Å². The maximum atomic E-state index is 13.1. The maximum absolute atomic E-state index is 13.1. The second-order valence-electron chi connectivity index (χ2n) is 10.8. The minimum absolute atomic E-state index is 0.0989. The molecule has 0 aliphatic heterocycles. The third-order valence-electron chi connectivity index (χ3n) is 6.74. The number of aliphatic carboxylic acids is 1. The number of carbonyl (C=O) groups excluding carboxylic acids is 2. The van der Waals surface area contributed by atoms with Gasteiger partial charge in [-0.15, -0.1) is 0 Å². The van der Waals surface area contributed by atoms with E-state index in [1.807, 2.05) is 13.8 Å². The number of carboxylic acids is 1.